The topological polar surface area (TPSA) is 18.5 Å². The van der Waals surface area contributed by atoms with Crippen LogP contribution in [0.25, 0.3) is 6.08 Å². The van der Waals surface area contributed by atoms with E-state index < -0.39 is 0 Å². The van der Waals surface area contributed by atoms with Crippen molar-refractivity contribution >= 4 is 6.08 Å². The van der Waals surface area contributed by atoms with Crippen molar-refractivity contribution in [2.24, 2.45) is 5.41 Å². The average molecular weight is 393 g/mol. The molecule has 1 aliphatic heterocycles. The summed E-state index contributed by atoms with van der Waals surface area (Å²) in [6, 6.07) is 8.17. The Kier molecular flexibility index (Phi) is 7.55. The lowest BCUT2D eigenvalue weighted by Crippen LogP contribution is -2.25. The first-order chi connectivity index (χ1) is 14.0. The fourth-order valence-electron chi connectivity index (χ4n) is 4.26. The van der Waals surface area contributed by atoms with Crippen LogP contribution >= 0.6 is 0 Å². The lowest BCUT2D eigenvalue weighted by molar-refractivity contribution is -0.106. The highest BCUT2D eigenvalue weighted by Crippen LogP contribution is 2.40. The minimum atomic E-state index is -0.117. The molecule has 1 unspecified atom stereocenters. The molecule has 1 heterocycles. The van der Waals surface area contributed by atoms with Crippen molar-refractivity contribution in [1.29, 1.82) is 0 Å². The predicted octanol–water partition coefficient (Wildman–Crippen LogP) is 7.63. The molecule has 2 heteroatoms. The van der Waals surface area contributed by atoms with E-state index in [0.717, 1.165) is 30.8 Å². The van der Waals surface area contributed by atoms with Gasteiger partial charge in [-0.25, -0.2) is 0 Å². The fourth-order valence-corrected chi connectivity index (χ4v) is 4.26. The van der Waals surface area contributed by atoms with Crippen LogP contribution in [-0.4, -0.2) is 12.9 Å². The molecule has 156 valence electrons. The van der Waals surface area contributed by atoms with Gasteiger partial charge in [0.2, 0.25) is 0 Å². The van der Waals surface area contributed by atoms with Crippen LogP contribution in [0.5, 0.6) is 5.75 Å². The first-order valence-electron chi connectivity index (χ1n) is 11.1. The molecular weight excluding hydrogens is 356 g/mol. The maximum Gasteiger partial charge on any atom is 0.199 e. The minimum absolute atomic E-state index is 0.117. The third-order valence-corrected chi connectivity index (χ3v) is 6.01. The Bertz CT molecular complexity index is 802. The molecule has 2 aliphatic rings. The van der Waals surface area contributed by atoms with Crippen LogP contribution in [-0.2, 0) is 4.74 Å². The van der Waals surface area contributed by atoms with E-state index in [1.165, 1.54) is 42.4 Å². The first kappa shape index (κ1) is 21.6. The van der Waals surface area contributed by atoms with Crippen molar-refractivity contribution < 1.29 is 9.47 Å². The van der Waals surface area contributed by atoms with Gasteiger partial charge < -0.3 is 9.47 Å². The standard InChI is InChI=1S/C27H36O2/c1-21(17-18-24-22(2)12-10-19-27(24,3)4)11-9-14-23-13-5-6-15-25(23)29-26-16-7-8-20-28-26/h5-6,9,11,13-15,17-18,26H,7-8,10,12,16,19-20H2,1-4H3. The smallest absolute Gasteiger partial charge is 0.199 e. The average Bonchev–Trinajstić information content (AvgIpc) is 2.69. The number of allylic oxidation sites excluding steroid dienone is 7. The zero-order chi connectivity index (χ0) is 20.7. The van der Waals surface area contributed by atoms with Crippen LogP contribution < -0.4 is 4.74 Å². The normalized spacial score (nSPS) is 23.2. The van der Waals surface area contributed by atoms with E-state index in [1.54, 1.807) is 0 Å². The van der Waals surface area contributed by atoms with Gasteiger partial charge in [0.1, 0.15) is 5.75 Å². The predicted molar refractivity (Wildman–Crippen MR) is 123 cm³/mol. The van der Waals surface area contributed by atoms with E-state index in [4.69, 9.17) is 9.47 Å². The van der Waals surface area contributed by atoms with E-state index in [9.17, 15) is 0 Å². The van der Waals surface area contributed by atoms with Crippen molar-refractivity contribution in [3.63, 3.8) is 0 Å². The molecular formula is C27H36O2. The molecule has 0 bridgehead atoms. The van der Waals surface area contributed by atoms with Crippen LogP contribution in [0.2, 0.25) is 0 Å². The number of hydrogen-bond acceptors (Lipinski definition) is 2. The van der Waals surface area contributed by atoms with Gasteiger partial charge in [0.05, 0.1) is 6.61 Å². The first-order valence-corrected chi connectivity index (χ1v) is 11.1. The molecule has 1 aliphatic carbocycles. The summed E-state index contributed by atoms with van der Waals surface area (Å²) in [7, 11) is 0. The number of para-hydroxylation sites is 1. The van der Waals surface area contributed by atoms with Gasteiger partial charge in [0, 0.05) is 12.0 Å². The van der Waals surface area contributed by atoms with Crippen molar-refractivity contribution in [2.45, 2.75) is 72.5 Å². The molecule has 1 aromatic carbocycles. The third-order valence-electron chi connectivity index (χ3n) is 6.01. The summed E-state index contributed by atoms with van der Waals surface area (Å²) in [5.41, 5.74) is 5.66. The zero-order valence-corrected chi connectivity index (χ0v) is 18.5. The zero-order valence-electron chi connectivity index (χ0n) is 18.5. The summed E-state index contributed by atoms with van der Waals surface area (Å²) in [5, 5.41) is 0. The Morgan fingerprint density at radius 3 is 2.72 bits per heavy atom. The Morgan fingerprint density at radius 1 is 1.14 bits per heavy atom. The molecule has 0 N–H and O–H groups in total. The summed E-state index contributed by atoms with van der Waals surface area (Å²) in [4.78, 5) is 0. The molecule has 2 nitrogen and oxygen atoms in total. The molecule has 0 saturated carbocycles. The molecule has 29 heavy (non-hydrogen) atoms. The molecule has 3 rings (SSSR count). The number of rotatable bonds is 6. The van der Waals surface area contributed by atoms with E-state index in [0.29, 0.717) is 0 Å². The molecule has 1 aromatic rings. The van der Waals surface area contributed by atoms with Gasteiger partial charge in [-0.2, -0.15) is 0 Å². The highest BCUT2D eigenvalue weighted by atomic mass is 16.7. The fraction of sp³-hybridized carbons (Fsp3) is 0.481. The summed E-state index contributed by atoms with van der Waals surface area (Å²) < 4.78 is 11.8. The summed E-state index contributed by atoms with van der Waals surface area (Å²) in [6.45, 7) is 9.96. The number of benzene rings is 1. The van der Waals surface area contributed by atoms with Crippen molar-refractivity contribution in [2.75, 3.05) is 6.61 Å². The van der Waals surface area contributed by atoms with E-state index in [2.05, 4.69) is 64.1 Å². The number of ether oxygens (including phenoxy) is 2. The monoisotopic (exact) mass is 392 g/mol. The van der Waals surface area contributed by atoms with Crippen molar-refractivity contribution in [3.05, 3.63) is 70.9 Å². The van der Waals surface area contributed by atoms with Gasteiger partial charge >= 0.3 is 0 Å². The minimum Gasteiger partial charge on any atom is -0.464 e. The molecule has 0 spiro atoms. The maximum atomic E-state index is 6.09. The van der Waals surface area contributed by atoms with E-state index in [-0.39, 0.29) is 11.7 Å². The quantitative estimate of drug-likeness (QED) is 0.463. The van der Waals surface area contributed by atoms with E-state index in [1.807, 2.05) is 18.2 Å². The van der Waals surface area contributed by atoms with E-state index >= 15 is 0 Å². The van der Waals surface area contributed by atoms with Crippen LogP contribution in [0.4, 0.5) is 0 Å². The van der Waals surface area contributed by atoms with Crippen molar-refractivity contribution in [3.8, 4) is 5.75 Å². The maximum absolute atomic E-state index is 6.09. The highest BCUT2D eigenvalue weighted by Gasteiger charge is 2.26. The Balaban J connectivity index is 1.66. The summed E-state index contributed by atoms with van der Waals surface area (Å²) in [6.07, 6.45) is 17.9. The van der Waals surface area contributed by atoms with Gasteiger partial charge in [0.25, 0.3) is 0 Å². The second-order valence-corrected chi connectivity index (χ2v) is 8.99. The van der Waals surface area contributed by atoms with Gasteiger partial charge in [-0.15, -0.1) is 0 Å². The highest BCUT2D eigenvalue weighted by molar-refractivity contribution is 5.58. The van der Waals surface area contributed by atoms with Crippen LogP contribution in [0, 0.1) is 5.41 Å². The van der Waals surface area contributed by atoms with Gasteiger partial charge in [-0.1, -0.05) is 73.6 Å². The molecule has 1 fully saturated rings. The Morgan fingerprint density at radius 2 is 1.97 bits per heavy atom. The Hall–Kier alpha value is -2.06. The Labute approximate surface area is 177 Å². The van der Waals surface area contributed by atoms with Gasteiger partial charge in [0.15, 0.2) is 6.29 Å². The SMILES string of the molecule is CC(C=CC1=C(C)CCCC1(C)C)=CC=Cc1ccccc1OC1CCCCO1. The van der Waals surface area contributed by atoms with Crippen molar-refractivity contribution in [1.82, 2.24) is 0 Å². The summed E-state index contributed by atoms with van der Waals surface area (Å²) in [5.74, 6) is 0.891. The molecule has 1 atom stereocenters. The lowest BCUT2D eigenvalue weighted by Gasteiger charge is -2.32. The van der Waals surface area contributed by atoms with Gasteiger partial charge in [-0.05, 0) is 63.0 Å². The number of hydrogen-bond donors (Lipinski definition) is 0. The lowest BCUT2D eigenvalue weighted by atomic mass is 9.72. The molecule has 0 aromatic heterocycles. The second kappa shape index (κ2) is 10.1. The molecule has 1 saturated heterocycles. The molecule has 0 radical (unpaired) electrons. The van der Waals surface area contributed by atoms with Gasteiger partial charge in [-0.3, -0.25) is 0 Å². The molecule has 0 amide bonds. The second-order valence-electron chi connectivity index (χ2n) is 8.99. The van der Waals surface area contributed by atoms with Crippen LogP contribution in [0.1, 0.15) is 71.8 Å². The third kappa shape index (κ3) is 6.21. The largest absolute Gasteiger partial charge is 0.464 e. The summed E-state index contributed by atoms with van der Waals surface area (Å²) >= 11 is 0. The van der Waals surface area contributed by atoms with Crippen LogP contribution in [0.3, 0.4) is 0 Å². The van der Waals surface area contributed by atoms with Crippen LogP contribution in [0.15, 0.2) is 65.3 Å².